The van der Waals surface area contributed by atoms with Crippen molar-refractivity contribution < 1.29 is 19.5 Å². The Labute approximate surface area is 153 Å². The summed E-state index contributed by atoms with van der Waals surface area (Å²) in [6.45, 7) is 2.17. The zero-order valence-corrected chi connectivity index (χ0v) is 15.2. The monoisotopic (exact) mass is 386 g/mol. The fourth-order valence-electron chi connectivity index (χ4n) is 2.03. The van der Waals surface area contributed by atoms with Gasteiger partial charge in [0.25, 0.3) is 0 Å². The number of benzene rings is 1. The molecule has 2 amide bonds. The molecule has 1 aromatic heterocycles. The number of aromatic hydroxyl groups is 1. The lowest BCUT2D eigenvalue weighted by Crippen LogP contribution is -2.30. The summed E-state index contributed by atoms with van der Waals surface area (Å²) in [5, 5.41) is 17.4. The van der Waals surface area contributed by atoms with E-state index in [4.69, 9.17) is 28.0 Å². The van der Waals surface area contributed by atoms with Crippen molar-refractivity contribution in [2.45, 2.75) is 13.5 Å². The maximum atomic E-state index is 12.7. The predicted molar refractivity (Wildman–Crippen MR) is 93.3 cm³/mol. The van der Waals surface area contributed by atoms with Gasteiger partial charge in [0.15, 0.2) is 0 Å². The fraction of sp³-hybridized carbons (Fsp3) is 0.267. The van der Waals surface area contributed by atoms with Gasteiger partial charge in [-0.25, -0.2) is 14.5 Å². The van der Waals surface area contributed by atoms with Crippen molar-refractivity contribution >= 4 is 40.7 Å². The Balaban J connectivity index is 2.42. The van der Waals surface area contributed by atoms with Gasteiger partial charge >= 0.3 is 6.03 Å². The molecule has 8 nitrogen and oxygen atoms in total. The highest BCUT2D eigenvalue weighted by Crippen LogP contribution is 2.35. The van der Waals surface area contributed by atoms with Crippen LogP contribution in [0.15, 0.2) is 18.3 Å². The Kier molecular flexibility index (Phi) is 5.89. The fourth-order valence-corrected chi connectivity index (χ4v) is 2.58. The maximum absolute atomic E-state index is 12.7. The van der Waals surface area contributed by atoms with E-state index in [0.29, 0.717) is 6.54 Å². The number of urea groups is 1. The molecule has 0 saturated carbocycles. The number of rotatable bonds is 5. The van der Waals surface area contributed by atoms with Crippen LogP contribution in [-0.2, 0) is 11.4 Å². The number of carbonyl (C=O) groups excluding carboxylic acids is 2. The van der Waals surface area contributed by atoms with Gasteiger partial charge in [0, 0.05) is 19.2 Å². The van der Waals surface area contributed by atoms with Crippen LogP contribution < -0.4 is 5.32 Å². The van der Waals surface area contributed by atoms with Crippen LogP contribution in [0.5, 0.6) is 5.88 Å². The number of nitrogens with zero attached hydrogens (tertiary/aromatic N) is 3. The summed E-state index contributed by atoms with van der Waals surface area (Å²) in [5.41, 5.74) is 0.121. The molecule has 0 bridgehead atoms. The van der Waals surface area contributed by atoms with Gasteiger partial charge in [-0.15, -0.1) is 0 Å². The molecule has 2 rings (SSSR count). The van der Waals surface area contributed by atoms with Crippen LogP contribution in [0.1, 0.15) is 22.8 Å². The van der Waals surface area contributed by atoms with Gasteiger partial charge in [-0.05, 0) is 19.1 Å². The number of carbonyl (C=O) groups is 2. The second kappa shape index (κ2) is 7.73. The molecule has 0 aliphatic carbocycles. The number of hydrogen-bond acceptors (Lipinski definition) is 5. The molecule has 0 aliphatic heterocycles. The molecule has 0 saturated heterocycles. The third-order valence-electron chi connectivity index (χ3n) is 3.48. The normalized spacial score (nSPS) is 10.6. The number of ketones is 1. The Morgan fingerprint density at radius 2 is 2.04 bits per heavy atom. The number of amides is 2. The van der Waals surface area contributed by atoms with Crippen molar-refractivity contribution in [3.8, 4) is 5.88 Å². The highest BCUT2D eigenvalue weighted by atomic mass is 35.5. The average molecular weight is 387 g/mol. The first-order valence-electron chi connectivity index (χ1n) is 7.18. The number of anilines is 1. The summed E-state index contributed by atoms with van der Waals surface area (Å²) >= 11 is 12.3. The van der Waals surface area contributed by atoms with Crippen LogP contribution in [0.2, 0.25) is 10.0 Å². The molecule has 2 aromatic rings. The second-order valence-electron chi connectivity index (χ2n) is 4.92. The summed E-state index contributed by atoms with van der Waals surface area (Å²) < 4.78 is 1.27. The molecule has 2 N–H and O–H groups in total. The summed E-state index contributed by atoms with van der Waals surface area (Å²) in [4.78, 5) is 29.4. The zero-order valence-electron chi connectivity index (χ0n) is 13.7. The molecule has 0 unspecified atom stereocenters. The largest absolute Gasteiger partial charge is 0.493 e. The molecule has 1 heterocycles. The van der Waals surface area contributed by atoms with E-state index in [0.717, 1.165) is 5.06 Å². The van der Waals surface area contributed by atoms with E-state index in [1.54, 1.807) is 6.92 Å². The lowest BCUT2D eigenvalue weighted by molar-refractivity contribution is -0.0598. The topological polar surface area (TPSA) is 96.7 Å². The van der Waals surface area contributed by atoms with Gasteiger partial charge in [-0.2, -0.15) is 5.10 Å². The van der Waals surface area contributed by atoms with Gasteiger partial charge in [0.1, 0.15) is 5.56 Å². The molecule has 0 fully saturated rings. The Hall–Kier alpha value is -2.29. The standard InChI is InChI=1S/C15H16Cl2N4O4/c1-4-21-14(23)9(7-18-21)13(22)8-5-6-10(16)12(11(8)17)19-15(24)20(2)25-3/h5-7,23H,4H2,1-3H3,(H,19,24). The number of hydrogen-bond donors (Lipinski definition) is 2. The van der Waals surface area contributed by atoms with Crippen molar-refractivity contribution in [1.82, 2.24) is 14.8 Å². The zero-order chi connectivity index (χ0) is 18.7. The molecule has 134 valence electrons. The number of aromatic nitrogens is 2. The van der Waals surface area contributed by atoms with Crippen LogP contribution in [0, 0.1) is 0 Å². The van der Waals surface area contributed by atoms with Crippen molar-refractivity contribution in [3.63, 3.8) is 0 Å². The maximum Gasteiger partial charge on any atom is 0.345 e. The van der Waals surface area contributed by atoms with E-state index in [1.165, 1.54) is 37.2 Å². The third kappa shape index (κ3) is 3.71. The highest BCUT2D eigenvalue weighted by Gasteiger charge is 2.24. The molecule has 0 spiro atoms. The highest BCUT2D eigenvalue weighted by molar-refractivity contribution is 6.42. The van der Waals surface area contributed by atoms with Gasteiger partial charge in [0.05, 0.1) is 29.0 Å². The number of nitrogens with one attached hydrogen (secondary N) is 1. The van der Waals surface area contributed by atoms with Crippen molar-refractivity contribution in [3.05, 3.63) is 39.5 Å². The van der Waals surface area contributed by atoms with Crippen molar-refractivity contribution in [2.24, 2.45) is 0 Å². The molecular formula is C15H16Cl2N4O4. The summed E-state index contributed by atoms with van der Waals surface area (Å²) in [5.74, 6) is -0.808. The smallest absolute Gasteiger partial charge is 0.345 e. The van der Waals surface area contributed by atoms with Gasteiger partial charge in [-0.1, -0.05) is 23.2 Å². The lowest BCUT2D eigenvalue weighted by atomic mass is 10.0. The second-order valence-corrected chi connectivity index (χ2v) is 5.71. The molecule has 10 heteroatoms. The number of hydroxylamine groups is 2. The molecule has 0 radical (unpaired) electrons. The van der Waals surface area contributed by atoms with Gasteiger partial charge in [0.2, 0.25) is 11.7 Å². The minimum Gasteiger partial charge on any atom is -0.493 e. The van der Waals surface area contributed by atoms with E-state index in [9.17, 15) is 14.7 Å². The summed E-state index contributed by atoms with van der Waals surface area (Å²) in [6.07, 6.45) is 1.25. The van der Waals surface area contributed by atoms with Crippen molar-refractivity contribution in [1.29, 1.82) is 0 Å². The lowest BCUT2D eigenvalue weighted by Gasteiger charge is -2.17. The minimum atomic E-state index is -0.627. The number of aryl methyl sites for hydroxylation is 1. The Morgan fingerprint density at radius 1 is 1.36 bits per heavy atom. The molecule has 0 atom stereocenters. The number of halogens is 2. The van der Waals surface area contributed by atoms with E-state index >= 15 is 0 Å². The van der Waals surface area contributed by atoms with Crippen LogP contribution in [0.3, 0.4) is 0 Å². The first-order valence-corrected chi connectivity index (χ1v) is 7.93. The predicted octanol–water partition coefficient (Wildman–Crippen LogP) is 3.17. The van der Waals surface area contributed by atoms with Crippen LogP contribution in [0.4, 0.5) is 10.5 Å². The van der Waals surface area contributed by atoms with E-state index in [-0.39, 0.29) is 32.7 Å². The van der Waals surface area contributed by atoms with Crippen LogP contribution >= 0.6 is 23.2 Å². The minimum absolute atomic E-state index is 0.00245. The van der Waals surface area contributed by atoms with Crippen LogP contribution in [0.25, 0.3) is 0 Å². The van der Waals surface area contributed by atoms with E-state index in [2.05, 4.69) is 10.4 Å². The van der Waals surface area contributed by atoms with E-state index < -0.39 is 11.8 Å². The van der Waals surface area contributed by atoms with Crippen LogP contribution in [-0.4, -0.2) is 45.9 Å². The molecule has 0 aliphatic rings. The van der Waals surface area contributed by atoms with Gasteiger partial charge < -0.3 is 10.4 Å². The van der Waals surface area contributed by atoms with Gasteiger partial charge in [-0.3, -0.25) is 9.63 Å². The first kappa shape index (κ1) is 19.0. The molecule has 1 aromatic carbocycles. The molecular weight excluding hydrogens is 371 g/mol. The molecule has 25 heavy (non-hydrogen) atoms. The summed E-state index contributed by atoms with van der Waals surface area (Å²) in [7, 11) is 2.71. The third-order valence-corrected chi connectivity index (χ3v) is 4.19. The van der Waals surface area contributed by atoms with E-state index in [1.807, 2.05) is 0 Å². The Morgan fingerprint density at radius 3 is 2.60 bits per heavy atom. The summed E-state index contributed by atoms with van der Waals surface area (Å²) in [6, 6.07) is 2.20. The quantitative estimate of drug-likeness (QED) is 0.607. The Bertz CT molecular complexity index is 822. The average Bonchev–Trinajstić information content (AvgIpc) is 2.97. The SMILES string of the molecule is CCn1ncc(C(=O)c2ccc(Cl)c(NC(=O)N(C)OC)c2Cl)c1O. The first-order chi connectivity index (χ1) is 11.8. The van der Waals surface area contributed by atoms with Crippen molar-refractivity contribution in [2.75, 3.05) is 19.5 Å².